The number of rotatable bonds is 6. The third-order valence-corrected chi connectivity index (χ3v) is 7.21. The van der Waals surface area contributed by atoms with Gasteiger partial charge in [-0.25, -0.2) is 0 Å². The molecule has 31 heavy (non-hydrogen) atoms. The van der Waals surface area contributed by atoms with Gasteiger partial charge in [0.15, 0.2) is 0 Å². The Balaban J connectivity index is 1.45. The summed E-state index contributed by atoms with van der Waals surface area (Å²) in [5, 5.41) is 5.78. The highest BCUT2D eigenvalue weighted by molar-refractivity contribution is 7.99. The van der Waals surface area contributed by atoms with Crippen molar-refractivity contribution in [1.82, 2.24) is 15.5 Å². The first kappa shape index (κ1) is 21.4. The molecule has 2 aromatic carbocycles. The number of fused-ring (bicyclic) bond motifs is 3. The van der Waals surface area contributed by atoms with Crippen LogP contribution in [0.15, 0.2) is 54.6 Å². The molecule has 2 aromatic rings. The van der Waals surface area contributed by atoms with E-state index in [1.807, 2.05) is 69.3 Å². The summed E-state index contributed by atoms with van der Waals surface area (Å²) in [6.45, 7) is 5.73. The van der Waals surface area contributed by atoms with E-state index in [-0.39, 0.29) is 35.1 Å². The standard InChI is InChI=1S/C24H27N3O3S/c1-14(2)20(22(29)25-15(3)16-9-5-4-6-10-16)26-21(28)19-13-31-24-18-12-8-7-11-17(18)23(30)27(19)24/h4-12,14-15,19-20,24H,13H2,1-3H3,(H,25,29)(H,26,28)/t15-,19-,20-,24+/m0/s1. The van der Waals surface area contributed by atoms with E-state index in [0.29, 0.717) is 11.3 Å². The van der Waals surface area contributed by atoms with Gasteiger partial charge in [0.25, 0.3) is 5.91 Å². The van der Waals surface area contributed by atoms with E-state index in [4.69, 9.17) is 0 Å². The van der Waals surface area contributed by atoms with E-state index in [2.05, 4.69) is 10.6 Å². The number of amides is 3. The predicted molar refractivity (Wildman–Crippen MR) is 121 cm³/mol. The Kier molecular flexibility index (Phi) is 6.05. The Morgan fingerprint density at radius 3 is 2.39 bits per heavy atom. The maximum Gasteiger partial charge on any atom is 0.256 e. The molecule has 4 atom stereocenters. The number of hydrogen-bond donors (Lipinski definition) is 2. The van der Waals surface area contributed by atoms with E-state index in [0.717, 1.165) is 11.1 Å². The predicted octanol–water partition coefficient (Wildman–Crippen LogP) is 3.27. The smallest absolute Gasteiger partial charge is 0.256 e. The van der Waals surface area contributed by atoms with Gasteiger partial charge in [-0.3, -0.25) is 14.4 Å². The number of thioether (sulfide) groups is 1. The van der Waals surface area contributed by atoms with Crippen LogP contribution in [0.25, 0.3) is 0 Å². The fourth-order valence-electron chi connectivity index (χ4n) is 4.15. The largest absolute Gasteiger partial charge is 0.348 e. The second-order valence-electron chi connectivity index (χ2n) is 8.37. The number of nitrogens with one attached hydrogen (secondary N) is 2. The van der Waals surface area contributed by atoms with Gasteiger partial charge < -0.3 is 15.5 Å². The number of hydrogen-bond acceptors (Lipinski definition) is 4. The Hall–Kier alpha value is -2.80. The lowest BCUT2D eigenvalue weighted by atomic mass is 10.0. The van der Waals surface area contributed by atoms with Gasteiger partial charge in [0.2, 0.25) is 11.8 Å². The van der Waals surface area contributed by atoms with Crippen LogP contribution in [0.5, 0.6) is 0 Å². The van der Waals surface area contributed by atoms with Crippen molar-refractivity contribution in [2.75, 3.05) is 5.75 Å². The molecular weight excluding hydrogens is 410 g/mol. The van der Waals surface area contributed by atoms with Crippen LogP contribution >= 0.6 is 11.8 Å². The average Bonchev–Trinajstić information content (AvgIpc) is 3.32. The van der Waals surface area contributed by atoms with Crippen LogP contribution in [0.3, 0.4) is 0 Å². The summed E-state index contributed by atoms with van der Waals surface area (Å²) in [6, 6.07) is 15.8. The van der Waals surface area contributed by atoms with E-state index in [1.165, 1.54) is 0 Å². The molecule has 2 N–H and O–H groups in total. The summed E-state index contributed by atoms with van der Waals surface area (Å²) in [7, 11) is 0. The minimum atomic E-state index is -0.678. The van der Waals surface area contributed by atoms with Gasteiger partial charge in [-0.15, -0.1) is 11.8 Å². The van der Waals surface area contributed by atoms with Crippen LogP contribution in [0.4, 0.5) is 0 Å². The fraction of sp³-hybridized carbons (Fsp3) is 0.375. The molecule has 1 fully saturated rings. The third-order valence-electron chi connectivity index (χ3n) is 5.90. The van der Waals surface area contributed by atoms with E-state index < -0.39 is 12.1 Å². The number of carbonyl (C=O) groups excluding carboxylic acids is 3. The number of nitrogens with zero attached hydrogens (tertiary/aromatic N) is 1. The van der Waals surface area contributed by atoms with Crippen molar-refractivity contribution >= 4 is 29.5 Å². The first-order valence-corrected chi connectivity index (χ1v) is 11.6. The highest BCUT2D eigenvalue weighted by atomic mass is 32.2. The van der Waals surface area contributed by atoms with Gasteiger partial charge in [-0.1, -0.05) is 62.4 Å². The normalized spacial score (nSPS) is 21.4. The van der Waals surface area contributed by atoms with Crippen LogP contribution in [0.2, 0.25) is 0 Å². The van der Waals surface area contributed by atoms with Crippen molar-refractivity contribution in [3.63, 3.8) is 0 Å². The molecule has 0 aromatic heterocycles. The zero-order valence-corrected chi connectivity index (χ0v) is 18.7. The highest BCUT2D eigenvalue weighted by Gasteiger charge is 2.48. The van der Waals surface area contributed by atoms with E-state index in [1.54, 1.807) is 22.7 Å². The Bertz CT molecular complexity index is 995. The molecule has 3 amide bonds. The molecule has 0 spiro atoms. The molecule has 4 rings (SSSR count). The molecule has 2 aliphatic rings. The van der Waals surface area contributed by atoms with E-state index >= 15 is 0 Å². The van der Waals surface area contributed by atoms with E-state index in [9.17, 15) is 14.4 Å². The van der Waals surface area contributed by atoms with Crippen LogP contribution < -0.4 is 10.6 Å². The zero-order valence-electron chi connectivity index (χ0n) is 17.9. The highest BCUT2D eigenvalue weighted by Crippen LogP contribution is 2.48. The molecule has 0 aliphatic carbocycles. The molecule has 0 unspecified atom stereocenters. The van der Waals surface area contributed by atoms with Crippen molar-refractivity contribution < 1.29 is 14.4 Å². The van der Waals surface area contributed by atoms with Gasteiger partial charge in [0.05, 0.1) is 6.04 Å². The molecule has 0 radical (unpaired) electrons. The van der Waals surface area contributed by atoms with Gasteiger partial charge >= 0.3 is 0 Å². The summed E-state index contributed by atoms with van der Waals surface area (Å²) in [5.41, 5.74) is 2.62. The summed E-state index contributed by atoms with van der Waals surface area (Å²) >= 11 is 1.59. The van der Waals surface area contributed by atoms with Crippen molar-refractivity contribution in [2.45, 2.75) is 44.3 Å². The van der Waals surface area contributed by atoms with Crippen LogP contribution in [-0.4, -0.2) is 40.5 Å². The van der Waals surface area contributed by atoms with Gasteiger partial charge in [0, 0.05) is 11.3 Å². The van der Waals surface area contributed by atoms with Crippen LogP contribution in [0.1, 0.15) is 53.7 Å². The second kappa shape index (κ2) is 8.75. The van der Waals surface area contributed by atoms with Gasteiger partial charge in [-0.2, -0.15) is 0 Å². The molecule has 2 aliphatic heterocycles. The van der Waals surface area contributed by atoms with Crippen molar-refractivity contribution in [3.8, 4) is 0 Å². The number of benzene rings is 2. The molecule has 0 bridgehead atoms. The SMILES string of the molecule is CC(C)[C@H](NC(=O)[C@@H]1CS[C@@H]2c3ccccc3C(=O)N21)C(=O)N[C@@H](C)c1ccccc1. The Morgan fingerprint density at radius 2 is 1.68 bits per heavy atom. The number of carbonyl (C=O) groups is 3. The minimum Gasteiger partial charge on any atom is -0.348 e. The average molecular weight is 438 g/mol. The topological polar surface area (TPSA) is 78.5 Å². The summed E-state index contributed by atoms with van der Waals surface area (Å²) < 4.78 is 0. The second-order valence-corrected chi connectivity index (χ2v) is 9.49. The van der Waals surface area contributed by atoms with Crippen molar-refractivity contribution in [1.29, 1.82) is 0 Å². The lowest BCUT2D eigenvalue weighted by Gasteiger charge is -2.28. The van der Waals surface area contributed by atoms with Crippen molar-refractivity contribution in [3.05, 3.63) is 71.3 Å². The fourth-order valence-corrected chi connectivity index (χ4v) is 5.62. The molecule has 6 nitrogen and oxygen atoms in total. The Labute approximate surface area is 186 Å². The van der Waals surface area contributed by atoms with Gasteiger partial charge in [0.1, 0.15) is 17.5 Å². The zero-order chi connectivity index (χ0) is 22.1. The first-order chi connectivity index (χ1) is 14.9. The van der Waals surface area contributed by atoms with Gasteiger partial charge in [-0.05, 0) is 30.0 Å². The van der Waals surface area contributed by atoms with Crippen molar-refractivity contribution in [2.24, 2.45) is 5.92 Å². The summed E-state index contributed by atoms with van der Waals surface area (Å²) in [4.78, 5) is 40.7. The lowest BCUT2D eigenvalue weighted by Crippen LogP contribution is -2.55. The Morgan fingerprint density at radius 1 is 1.00 bits per heavy atom. The monoisotopic (exact) mass is 437 g/mol. The summed E-state index contributed by atoms with van der Waals surface area (Å²) in [5.74, 6) is -0.198. The lowest BCUT2D eigenvalue weighted by molar-refractivity contribution is -0.132. The van der Waals surface area contributed by atoms with Crippen LogP contribution in [-0.2, 0) is 9.59 Å². The third kappa shape index (κ3) is 4.06. The molecule has 2 heterocycles. The summed E-state index contributed by atoms with van der Waals surface area (Å²) in [6.07, 6.45) is 0. The molecule has 7 heteroatoms. The maximum atomic E-state index is 13.2. The molecular formula is C24H27N3O3S. The maximum absolute atomic E-state index is 13.2. The molecule has 162 valence electrons. The minimum absolute atomic E-state index is 0.0942. The molecule has 0 saturated carbocycles. The quantitative estimate of drug-likeness (QED) is 0.727. The first-order valence-electron chi connectivity index (χ1n) is 10.6. The molecule has 1 saturated heterocycles. The van der Waals surface area contributed by atoms with Crippen LogP contribution in [0, 0.1) is 5.92 Å².